The molecule has 0 saturated heterocycles. The Labute approximate surface area is 222 Å². The van der Waals surface area contributed by atoms with E-state index in [4.69, 9.17) is 28.0 Å². The van der Waals surface area contributed by atoms with Crippen LogP contribution in [0.4, 0.5) is 0 Å². The van der Waals surface area contributed by atoms with Gasteiger partial charge in [0.05, 0.1) is 12.6 Å². The van der Waals surface area contributed by atoms with E-state index in [1.807, 2.05) is 18.2 Å². The number of carbonyl (C=O) groups excluding carboxylic acids is 4. The van der Waals surface area contributed by atoms with Crippen LogP contribution in [0.15, 0.2) is 30.3 Å². The average Bonchev–Trinajstić information content (AvgIpc) is 2.86. The second-order valence-electron chi connectivity index (χ2n) is 8.80. The van der Waals surface area contributed by atoms with Gasteiger partial charge >= 0.3 is 0 Å². The number of amides is 3. The van der Waals surface area contributed by atoms with Crippen molar-refractivity contribution >= 4 is 35.4 Å². The monoisotopic (exact) mass is 532 g/mol. The highest BCUT2D eigenvalue weighted by atomic mass is 16.2. The van der Waals surface area contributed by atoms with E-state index in [1.54, 1.807) is 12.1 Å². The summed E-state index contributed by atoms with van der Waals surface area (Å²) in [7, 11) is 0. The van der Waals surface area contributed by atoms with Crippen LogP contribution in [0.25, 0.3) is 0 Å². The van der Waals surface area contributed by atoms with Gasteiger partial charge in [-0.25, -0.2) is 0 Å². The fourth-order valence-electron chi connectivity index (χ4n) is 3.42. The Morgan fingerprint density at radius 1 is 0.789 bits per heavy atom. The van der Waals surface area contributed by atoms with Crippen LogP contribution in [0.5, 0.6) is 0 Å². The molecule has 1 aromatic rings. The summed E-state index contributed by atoms with van der Waals surface area (Å²) < 4.78 is 0. The number of carbonyl (C=O) groups is 4. The maximum absolute atomic E-state index is 13.3. The van der Waals surface area contributed by atoms with Crippen molar-refractivity contribution in [3.05, 3.63) is 35.9 Å². The molecule has 0 aliphatic heterocycles. The van der Waals surface area contributed by atoms with Gasteiger partial charge < -0.3 is 43.8 Å². The van der Waals surface area contributed by atoms with Gasteiger partial charge in [0.1, 0.15) is 17.9 Å². The number of nitrogens with one attached hydrogen (secondary N) is 7. The lowest BCUT2D eigenvalue weighted by molar-refractivity contribution is -0.133. The summed E-state index contributed by atoms with van der Waals surface area (Å²) in [5.41, 5.74) is 17.3. The lowest BCUT2D eigenvalue weighted by Crippen LogP contribution is -2.56. The normalized spacial score (nSPS) is 12.8. The molecule has 13 N–H and O–H groups in total. The minimum absolute atomic E-state index is 0.157. The van der Waals surface area contributed by atoms with Crippen molar-refractivity contribution in [2.75, 3.05) is 19.6 Å². The average molecular weight is 533 g/mol. The van der Waals surface area contributed by atoms with Crippen molar-refractivity contribution in [2.24, 2.45) is 17.2 Å². The molecule has 1 aromatic carbocycles. The van der Waals surface area contributed by atoms with Crippen molar-refractivity contribution in [2.45, 2.75) is 57.2 Å². The Morgan fingerprint density at radius 3 is 1.89 bits per heavy atom. The molecule has 14 heteroatoms. The quantitative estimate of drug-likeness (QED) is 0.0590. The van der Waals surface area contributed by atoms with E-state index in [-0.39, 0.29) is 37.1 Å². The SMILES string of the molecule is CC(=O)CNC(=O)[C@H](CCCNC(=N)N)NC(=O)[C@@H](Cc1ccccc1)NC(=O)[C@@H](N)CCCNC(=N)N. The topological polar surface area (TPSA) is 254 Å². The van der Waals surface area contributed by atoms with Gasteiger partial charge in [-0.1, -0.05) is 30.3 Å². The second kappa shape index (κ2) is 17.3. The molecule has 14 nitrogen and oxygen atoms in total. The molecular weight excluding hydrogens is 492 g/mol. The van der Waals surface area contributed by atoms with Gasteiger partial charge in [0.25, 0.3) is 0 Å². The van der Waals surface area contributed by atoms with Gasteiger partial charge in [-0.3, -0.25) is 30.0 Å². The van der Waals surface area contributed by atoms with Crippen LogP contribution >= 0.6 is 0 Å². The summed E-state index contributed by atoms with van der Waals surface area (Å²) in [6.07, 6.45) is 1.53. The number of hydrogen-bond acceptors (Lipinski definition) is 7. The molecule has 0 aromatic heterocycles. The van der Waals surface area contributed by atoms with E-state index in [0.717, 1.165) is 5.56 Å². The molecule has 0 bridgehead atoms. The summed E-state index contributed by atoms with van der Waals surface area (Å²) >= 11 is 0. The molecule has 3 amide bonds. The Hall–Kier alpha value is -4.20. The number of nitrogens with two attached hydrogens (primary N) is 3. The summed E-state index contributed by atoms with van der Waals surface area (Å²) in [4.78, 5) is 50.1. The molecule has 0 radical (unpaired) electrons. The third-order valence-corrected chi connectivity index (χ3v) is 5.39. The Kier molecular flexibility index (Phi) is 14.5. The Morgan fingerprint density at radius 2 is 1.34 bits per heavy atom. The zero-order valence-electron chi connectivity index (χ0n) is 21.6. The first kappa shape index (κ1) is 31.8. The molecule has 0 spiro atoms. The first-order chi connectivity index (χ1) is 18.0. The van der Waals surface area contributed by atoms with Gasteiger partial charge in [-0.2, -0.15) is 0 Å². The van der Waals surface area contributed by atoms with Crippen LogP contribution in [-0.2, 0) is 25.6 Å². The number of guanidine groups is 2. The lowest BCUT2D eigenvalue weighted by Gasteiger charge is -2.24. The summed E-state index contributed by atoms with van der Waals surface area (Å²) in [5, 5.41) is 27.5. The summed E-state index contributed by atoms with van der Waals surface area (Å²) in [6.45, 7) is 1.82. The minimum Gasteiger partial charge on any atom is -0.370 e. The van der Waals surface area contributed by atoms with Gasteiger partial charge in [0, 0.05) is 19.5 Å². The van der Waals surface area contributed by atoms with E-state index in [0.29, 0.717) is 32.4 Å². The van der Waals surface area contributed by atoms with E-state index >= 15 is 0 Å². The van der Waals surface area contributed by atoms with Crippen molar-refractivity contribution in [1.82, 2.24) is 26.6 Å². The highest BCUT2D eigenvalue weighted by molar-refractivity contribution is 5.94. The maximum Gasteiger partial charge on any atom is 0.243 e. The highest BCUT2D eigenvalue weighted by Gasteiger charge is 2.28. The van der Waals surface area contributed by atoms with E-state index in [9.17, 15) is 19.2 Å². The number of hydrogen-bond donors (Lipinski definition) is 10. The van der Waals surface area contributed by atoms with E-state index < -0.39 is 35.8 Å². The zero-order valence-corrected chi connectivity index (χ0v) is 21.6. The highest BCUT2D eigenvalue weighted by Crippen LogP contribution is 2.06. The number of benzene rings is 1. The number of rotatable bonds is 17. The standard InChI is InChI=1S/C24H40N10O4/c1-15(35)14-32-21(37)18(10-6-12-31-24(28)29)33-22(38)19(13-16-7-3-2-4-8-16)34-20(36)17(25)9-5-11-30-23(26)27/h2-4,7-8,17-19H,5-6,9-14,25H2,1H3,(H,32,37)(H,33,38)(H,34,36)(H4,26,27,30)(H4,28,29,31)/t17-,18-,19+/m0/s1. The number of ketones is 1. The fraction of sp³-hybridized carbons (Fsp3) is 0.500. The van der Waals surface area contributed by atoms with Crippen LogP contribution in [0.2, 0.25) is 0 Å². The van der Waals surface area contributed by atoms with Crippen molar-refractivity contribution < 1.29 is 19.2 Å². The predicted molar refractivity (Wildman–Crippen MR) is 144 cm³/mol. The molecular formula is C24H40N10O4. The predicted octanol–water partition coefficient (Wildman–Crippen LogP) is -2.24. The fourth-order valence-corrected chi connectivity index (χ4v) is 3.42. The van der Waals surface area contributed by atoms with Crippen LogP contribution in [0.3, 0.4) is 0 Å². The maximum atomic E-state index is 13.3. The molecule has 0 unspecified atom stereocenters. The van der Waals surface area contributed by atoms with Crippen LogP contribution in [0, 0.1) is 10.8 Å². The van der Waals surface area contributed by atoms with Gasteiger partial charge in [0.15, 0.2) is 11.9 Å². The van der Waals surface area contributed by atoms with Crippen molar-refractivity contribution in [3.8, 4) is 0 Å². The molecule has 3 atom stereocenters. The first-order valence-electron chi connectivity index (χ1n) is 12.3. The molecule has 210 valence electrons. The minimum atomic E-state index is -1.02. The molecule has 1 rings (SSSR count). The summed E-state index contributed by atoms with van der Waals surface area (Å²) in [6, 6.07) is 6.14. The molecule has 0 aliphatic rings. The zero-order chi connectivity index (χ0) is 28.5. The third-order valence-electron chi connectivity index (χ3n) is 5.39. The number of Topliss-reactive ketones (excluding diaryl/α,β-unsaturated/α-hetero) is 1. The molecule has 0 saturated carbocycles. The molecule has 0 heterocycles. The van der Waals surface area contributed by atoms with Crippen molar-refractivity contribution in [3.63, 3.8) is 0 Å². The van der Waals surface area contributed by atoms with Gasteiger partial charge in [-0.05, 0) is 38.2 Å². The van der Waals surface area contributed by atoms with Crippen LogP contribution in [0.1, 0.15) is 38.2 Å². The first-order valence-corrected chi connectivity index (χ1v) is 12.3. The smallest absolute Gasteiger partial charge is 0.243 e. The van der Waals surface area contributed by atoms with Crippen LogP contribution < -0.4 is 43.8 Å². The summed E-state index contributed by atoms with van der Waals surface area (Å²) in [5.74, 6) is -2.31. The van der Waals surface area contributed by atoms with Gasteiger partial charge in [0.2, 0.25) is 17.7 Å². The second-order valence-corrected chi connectivity index (χ2v) is 8.80. The third kappa shape index (κ3) is 13.8. The van der Waals surface area contributed by atoms with Crippen molar-refractivity contribution in [1.29, 1.82) is 10.8 Å². The largest absolute Gasteiger partial charge is 0.370 e. The Bertz CT molecular complexity index is 957. The van der Waals surface area contributed by atoms with Crippen LogP contribution in [-0.4, -0.2) is 73.2 Å². The molecule has 0 fully saturated rings. The molecule has 38 heavy (non-hydrogen) atoms. The van der Waals surface area contributed by atoms with E-state index in [1.165, 1.54) is 6.92 Å². The lowest BCUT2D eigenvalue weighted by atomic mass is 10.0. The van der Waals surface area contributed by atoms with Gasteiger partial charge in [-0.15, -0.1) is 0 Å². The molecule has 0 aliphatic carbocycles. The Balaban J connectivity index is 2.94. The van der Waals surface area contributed by atoms with E-state index in [2.05, 4.69) is 26.6 Å².